The fourth-order valence-corrected chi connectivity index (χ4v) is 8.01. The first kappa shape index (κ1) is 30.6. The molecular formula is C35H42FNO4S. The SMILES string of the molecule is C[C@@H](CC(=O)C1CCC(CS(=O)(=O)c2ccc(-c3cccc(CCN4CCOCC4)c3)cc2)CC1)c1ccc(F)cc1. The lowest BCUT2D eigenvalue weighted by Gasteiger charge is -2.28. The van der Waals surface area contributed by atoms with Crippen molar-refractivity contribution >= 4 is 15.6 Å². The van der Waals surface area contributed by atoms with E-state index in [2.05, 4.69) is 29.2 Å². The summed E-state index contributed by atoms with van der Waals surface area (Å²) in [5.74, 6) is 0.163. The number of halogens is 1. The summed E-state index contributed by atoms with van der Waals surface area (Å²) in [7, 11) is -3.42. The van der Waals surface area contributed by atoms with Crippen LogP contribution >= 0.6 is 0 Å². The van der Waals surface area contributed by atoms with E-state index in [1.54, 1.807) is 24.3 Å². The number of Topliss-reactive ketones (excluding diaryl/α,β-unsaturated/α-hetero) is 1. The van der Waals surface area contributed by atoms with Gasteiger partial charge in [0.05, 0.1) is 23.9 Å². The van der Waals surface area contributed by atoms with Gasteiger partial charge >= 0.3 is 0 Å². The lowest BCUT2D eigenvalue weighted by molar-refractivity contribution is -0.124. The normalized spacial score (nSPS) is 20.7. The molecular weight excluding hydrogens is 549 g/mol. The van der Waals surface area contributed by atoms with Gasteiger partial charge in [-0.15, -0.1) is 0 Å². The Labute approximate surface area is 250 Å². The Morgan fingerprint density at radius 3 is 2.31 bits per heavy atom. The van der Waals surface area contributed by atoms with Crippen LogP contribution < -0.4 is 0 Å². The molecule has 42 heavy (non-hydrogen) atoms. The minimum Gasteiger partial charge on any atom is -0.379 e. The Morgan fingerprint density at radius 2 is 1.62 bits per heavy atom. The van der Waals surface area contributed by atoms with E-state index in [-0.39, 0.29) is 35.1 Å². The molecule has 1 aliphatic carbocycles. The predicted molar refractivity (Wildman–Crippen MR) is 165 cm³/mol. The molecule has 0 bridgehead atoms. The minimum atomic E-state index is -3.42. The fraction of sp³-hybridized carbons (Fsp3) is 0.457. The zero-order chi connectivity index (χ0) is 29.5. The smallest absolute Gasteiger partial charge is 0.178 e. The van der Waals surface area contributed by atoms with Gasteiger partial charge in [-0.05, 0) is 90.5 Å². The molecule has 1 aliphatic heterocycles. The number of ketones is 1. The standard InChI is InChI=1S/C35H42FNO4S/c1-26(29-9-13-33(36)14-10-29)23-35(38)31-7-5-28(6-8-31)25-42(39,40)34-15-11-30(12-16-34)32-4-2-3-27(24-32)17-18-37-19-21-41-22-20-37/h2-4,9-16,24,26,28,31H,5-8,17-23,25H2,1H3/t26-,28?,31?/m0/s1. The van der Waals surface area contributed by atoms with Gasteiger partial charge in [0.25, 0.3) is 0 Å². The molecule has 0 aromatic heterocycles. The molecule has 1 saturated heterocycles. The molecule has 1 saturated carbocycles. The van der Waals surface area contributed by atoms with E-state index in [0.29, 0.717) is 11.3 Å². The van der Waals surface area contributed by atoms with Gasteiger partial charge in [-0.25, -0.2) is 12.8 Å². The van der Waals surface area contributed by atoms with Gasteiger partial charge in [-0.3, -0.25) is 9.69 Å². The highest BCUT2D eigenvalue weighted by Gasteiger charge is 2.30. The molecule has 3 aromatic carbocycles. The van der Waals surface area contributed by atoms with E-state index in [0.717, 1.165) is 81.6 Å². The predicted octanol–water partition coefficient (Wildman–Crippen LogP) is 6.71. The van der Waals surface area contributed by atoms with Crippen molar-refractivity contribution in [2.45, 2.75) is 56.3 Å². The highest BCUT2D eigenvalue weighted by Crippen LogP contribution is 2.34. The van der Waals surface area contributed by atoms with Gasteiger partial charge < -0.3 is 4.74 Å². The van der Waals surface area contributed by atoms with Crippen LogP contribution in [-0.2, 0) is 25.8 Å². The average molecular weight is 592 g/mol. The Morgan fingerprint density at radius 1 is 0.929 bits per heavy atom. The van der Waals surface area contributed by atoms with Crippen molar-refractivity contribution in [1.29, 1.82) is 0 Å². The molecule has 7 heteroatoms. The number of hydrogen-bond acceptors (Lipinski definition) is 5. The topological polar surface area (TPSA) is 63.7 Å². The van der Waals surface area contributed by atoms with Crippen molar-refractivity contribution in [3.63, 3.8) is 0 Å². The molecule has 5 rings (SSSR count). The Bertz CT molecular complexity index is 1420. The lowest BCUT2D eigenvalue weighted by Crippen LogP contribution is -2.37. The summed E-state index contributed by atoms with van der Waals surface area (Å²) in [5.41, 5.74) is 4.34. The van der Waals surface area contributed by atoms with E-state index in [1.165, 1.54) is 17.7 Å². The zero-order valence-electron chi connectivity index (χ0n) is 24.5. The highest BCUT2D eigenvalue weighted by molar-refractivity contribution is 7.91. The van der Waals surface area contributed by atoms with Crippen LogP contribution in [0.1, 0.15) is 56.1 Å². The molecule has 0 amide bonds. The second-order valence-electron chi connectivity index (χ2n) is 12.1. The van der Waals surface area contributed by atoms with E-state index in [9.17, 15) is 17.6 Å². The summed E-state index contributed by atoms with van der Waals surface area (Å²) in [5, 5.41) is 0. The largest absolute Gasteiger partial charge is 0.379 e. The summed E-state index contributed by atoms with van der Waals surface area (Å²) in [6.07, 6.45) is 4.36. The average Bonchev–Trinajstić information content (AvgIpc) is 3.01. The van der Waals surface area contributed by atoms with Crippen LogP contribution in [0.4, 0.5) is 4.39 Å². The second-order valence-corrected chi connectivity index (χ2v) is 14.1. The molecule has 0 radical (unpaired) electrons. The van der Waals surface area contributed by atoms with Crippen LogP contribution in [0, 0.1) is 17.7 Å². The summed E-state index contributed by atoms with van der Waals surface area (Å²) in [4.78, 5) is 15.7. The number of carbonyl (C=O) groups excluding carboxylic acids is 1. The Hall–Kier alpha value is -2.87. The highest BCUT2D eigenvalue weighted by atomic mass is 32.2. The van der Waals surface area contributed by atoms with Crippen LogP contribution in [0.25, 0.3) is 11.1 Å². The zero-order valence-corrected chi connectivity index (χ0v) is 25.3. The van der Waals surface area contributed by atoms with Crippen molar-refractivity contribution < 1.29 is 22.3 Å². The fourth-order valence-electron chi connectivity index (χ4n) is 6.31. The number of benzene rings is 3. The molecule has 0 N–H and O–H groups in total. The minimum absolute atomic E-state index is 0.0178. The number of nitrogens with zero attached hydrogens (tertiary/aromatic N) is 1. The number of rotatable bonds is 11. The summed E-state index contributed by atoms with van der Waals surface area (Å²) >= 11 is 0. The van der Waals surface area contributed by atoms with Gasteiger partial charge in [-0.2, -0.15) is 0 Å². The monoisotopic (exact) mass is 591 g/mol. The van der Waals surface area contributed by atoms with Crippen molar-refractivity contribution in [2.24, 2.45) is 11.8 Å². The summed E-state index contributed by atoms with van der Waals surface area (Å²) in [6.45, 7) is 6.57. The Kier molecular flexibility index (Phi) is 10.2. The van der Waals surface area contributed by atoms with Gasteiger partial charge in [0, 0.05) is 32.0 Å². The van der Waals surface area contributed by atoms with E-state index in [1.807, 2.05) is 19.1 Å². The molecule has 1 atom stereocenters. The first-order valence-corrected chi connectivity index (χ1v) is 16.9. The quantitative estimate of drug-likeness (QED) is 0.248. The lowest BCUT2D eigenvalue weighted by atomic mass is 9.78. The van der Waals surface area contributed by atoms with Crippen LogP contribution in [0.5, 0.6) is 0 Å². The van der Waals surface area contributed by atoms with Crippen molar-refractivity contribution in [3.8, 4) is 11.1 Å². The van der Waals surface area contributed by atoms with Gasteiger partial charge in [-0.1, -0.05) is 55.5 Å². The molecule has 2 aliphatic rings. The van der Waals surface area contributed by atoms with Crippen molar-refractivity contribution in [3.05, 3.63) is 89.7 Å². The van der Waals surface area contributed by atoms with Crippen LogP contribution in [0.15, 0.2) is 77.7 Å². The Balaban J connectivity index is 1.11. The van der Waals surface area contributed by atoms with Gasteiger partial charge in [0.1, 0.15) is 11.6 Å². The molecule has 1 heterocycles. The molecule has 224 valence electrons. The number of sulfone groups is 1. The maximum atomic E-state index is 13.3. The molecule has 3 aromatic rings. The first-order chi connectivity index (χ1) is 20.3. The van der Waals surface area contributed by atoms with Crippen molar-refractivity contribution in [1.82, 2.24) is 4.90 Å². The van der Waals surface area contributed by atoms with E-state index in [4.69, 9.17) is 4.74 Å². The third-order valence-corrected chi connectivity index (χ3v) is 10.9. The van der Waals surface area contributed by atoms with E-state index < -0.39 is 9.84 Å². The second kappa shape index (κ2) is 14.1. The summed E-state index contributed by atoms with van der Waals surface area (Å²) in [6, 6.07) is 22.1. The third-order valence-electron chi connectivity index (χ3n) is 9.00. The maximum Gasteiger partial charge on any atom is 0.178 e. The number of carbonyl (C=O) groups is 1. The number of morpholine rings is 1. The molecule has 0 unspecified atom stereocenters. The third kappa shape index (κ3) is 8.15. The van der Waals surface area contributed by atoms with Gasteiger partial charge in [0.2, 0.25) is 0 Å². The molecule has 2 fully saturated rings. The number of ether oxygens (including phenoxy) is 1. The molecule has 5 nitrogen and oxygen atoms in total. The van der Waals surface area contributed by atoms with Crippen LogP contribution in [0.2, 0.25) is 0 Å². The van der Waals surface area contributed by atoms with Crippen LogP contribution in [0.3, 0.4) is 0 Å². The summed E-state index contributed by atoms with van der Waals surface area (Å²) < 4.78 is 45.2. The maximum absolute atomic E-state index is 13.3. The first-order valence-electron chi connectivity index (χ1n) is 15.3. The van der Waals surface area contributed by atoms with Crippen LogP contribution in [-0.4, -0.2) is 57.7 Å². The number of hydrogen-bond donors (Lipinski definition) is 0. The van der Waals surface area contributed by atoms with E-state index >= 15 is 0 Å². The van der Waals surface area contributed by atoms with Gasteiger partial charge in [0.15, 0.2) is 9.84 Å². The molecule has 0 spiro atoms. The van der Waals surface area contributed by atoms with Crippen molar-refractivity contribution in [2.75, 3.05) is 38.6 Å².